The molecule has 0 saturated heterocycles. The van der Waals surface area contributed by atoms with Gasteiger partial charge in [0.15, 0.2) is 0 Å². The van der Waals surface area contributed by atoms with Crippen LogP contribution >= 0.6 is 0 Å². The van der Waals surface area contributed by atoms with E-state index in [0.717, 1.165) is 11.1 Å². The van der Waals surface area contributed by atoms with Crippen LogP contribution in [0, 0.1) is 19.7 Å². The summed E-state index contributed by atoms with van der Waals surface area (Å²) < 4.78 is 20.2. The molecule has 2 aromatic carbocycles. The van der Waals surface area contributed by atoms with Crippen LogP contribution in [0.25, 0.3) is 5.69 Å². The molecular formula is C22H24FN3O2. The van der Waals surface area contributed by atoms with Gasteiger partial charge in [-0.25, -0.2) is 9.07 Å². The van der Waals surface area contributed by atoms with Gasteiger partial charge < -0.3 is 10.1 Å². The lowest BCUT2D eigenvalue weighted by molar-refractivity contribution is 0.0949. The van der Waals surface area contributed by atoms with Crippen LogP contribution < -0.4 is 5.32 Å². The van der Waals surface area contributed by atoms with Crippen molar-refractivity contribution >= 4 is 5.91 Å². The fraction of sp³-hybridized carbons (Fsp3) is 0.273. The highest BCUT2D eigenvalue weighted by atomic mass is 19.1. The number of carbonyl (C=O) groups excluding carboxylic acids is 1. The molecule has 3 rings (SSSR count). The number of benzene rings is 2. The summed E-state index contributed by atoms with van der Waals surface area (Å²) in [5, 5.41) is 7.40. The van der Waals surface area contributed by atoms with E-state index < -0.39 is 0 Å². The molecule has 0 bridgehead atoms. The summed E-state index contributed by atoms with van der Waals surface area (Å²) in [6.45, 7) is 7.29. The summed E-state index contributed by atoms with van der Waals surface area (Å²) >= 11 is 0. The van der Waals surface area contributed by atoms with Crippen molar-refractivity contribution in [2.45, 2.75) is 33.9 Å². The van der Waals surface area contributed by atoms with Crippen LogP contribution in [0.2, 0.25) is 0 Å². The Kier molecular flexibility index (Phi) is 6.21. The standard InChI is InChI=1S/C22H24FN3O2/c1-4-28-14-18-7-5-17(6-8-18)13-24-22(27)21-15(2)25-26(16(21)3)20-11-9-19(23)10-12-20/h5-12H,4,13-14H2,1-3H3,(H,24,27). The molecule has 146 valence electrons. The van der Waals surface area contributed by atoms with Gasteiger partial charge in [0.25, 0.3) is 5.91 Å². The molecule has 0 aliphatic rings. The molecule has 0 unspecified atom stereocenters. The van der Waals surface area contributed by atoms with Gasteiger partial charge in [0.2, 0.25) is 0 Å². The Hall–Kier alpha value is -2.99. The zero-order valence-corrected chi connectivity index (χ0v) is 16.3. The van der Waals surface area contributed by atoms with E-state index in [4.69, 9.17) is 4.74 Å². The molecule has 28 heavy (non-hydrogen) atoms. The van der Waals surface area contributed by atoms with Gasteiger partial charge in [-0.3, -0.25) is 4.79 Å². The smallest absolute Gasteiger partial charge is 0.255 e. The molecule has 1 heterocycles. The van der Waals surface area contributed by atoms with E-state index in [1.165, 1.54) is 12.1 Å². The monoisotopic (exact) mass is 381 g/mol. The zero-order chi connectivity index (χ0) is 20.1. The number of hydrogen-bond acceptors (Lipinski definition) is 3. The first kappa shape index (κ1) is 19.8. The first-order valence-electron chi connectivity index (χ1n) is 9.25. The molecule has 0 radical (unpaired) electrons. The van der Waals surface area contributed by atoms with Crippen molar-refractivity contribution in [1.29, 1.82) is 0 Å². The van der Waals surface area contributed by atoms with Gasteiger partial charge in [-0.1, -0.05) is 24.3 Å². The van der Waals surface area contributed by atoms with Crippen LogP contribution in [-0.2, 0) is 17.9 Å². The quantitative estimate of drug-likeness (QED) is 0.671. The molecule has 0 saturated carbocycles. The van der Waals surface area contributed by atoms with Crippen LogP contribution in [0.5, 0.6) is 0 Å². The Morgan fingerprint density at radius 1 is 1.07 bits per heavy atom. The average molecular weight is 381 g/mol. The van der Waals surface area contributed by atoms with Crippen molar-refractivity contribution in [1.82, 2.24) is 15.1 Å². The number of rotatable bonds is 7. The largest absolute Gasteiger partial charge is 0.377 e. The Balaban J connectivity index is 1.70. The normalized spacial score (nSPS) is 10.9. The van der Waals surface area contributed by atoms with Crippen LogP contribution in [-0.4, -0.2) is 22.3 Å². The SMILES string of the molecule is CCOCc1ccc(CNC(=O)c2c(C)nn(-c3ccc(F)cc3)c2C)cc1. The number of hydrogen-bond donors (Lipinski definition) is 1. The molecule has 0 fully saturated rings. The van der Waals surface area contributed by atoms with Crippen molar-refractivity contribution in [3.63, 3.8) is 0 Å². The maximum Gasteiger partial charge on any atom is 0.255 e. The molecule has 6 heteroatoms. The van der Waals surface area contributed by atoms with E-state index in [9.17, 15) is 9.18 Å². The van der Waals surface area contributed by atoms with Crippen molar-refractivity contribution in [3.05, 3.63) is 82.4 Å². The minimum atomic E-state index is -0.310. The molecule has 1 amide bonds. The van der Waals surface area contributed by atoms with Crippen molar-refractivity contribution in [2.75, 3.05) is 6.61 Å². The van der Waals surface area contributed by atoms with Gasteiger partial charge in [0.05, 0.1) is 29.2 Å². The summed E-state index contributed by atoms with van der Waals surface area (Å²) in [4.78, 5) is 12.7. The summed E-state index contributed by atoms with van der Waals surface area (Å²) in [5.74, 6) is -0.489. The van der Waals surface area contributed by atoms with Crippen molar-refractivity contribution in [3.8, 4) is 5.69 Å². The molecule has 1 N–H and O–H groups in total. The minimum absolute atomic E-state index is 0.179. The molecule has 0 atom stereocenters. The van der Waals surface area contributed by atoms with Crippen molar-refractivity contribution in [2.24, 2.45) is 0 Å². The molecule has 3 aromatic rings. The predicted molar refractivity (Wildman–Crippen MR) is 106 cm³/mol. The lowest BCUT2D eigenvalue weighted by atomic mass is 10.1. The Labute approximate surface area is 164 Å². The van der Waals surface area contributed by atoms with Gasteiger partial charge in [-0.05, 0) is 56.2 Å². The number of carbonyl (C=O) groups is 1. The minimum Gasteiger partial charge on any atom is -0.377 e. The van der Waals surface area contributed by atoms with Gasteiger partial charge in [-0.15, -0.1) is 0 Å². The second-order valence-corrected chi connectivity index (χ2v) is 6.57. The average Bonchev–Trinajstić information content (AvgIpc) is 3.00. The molecule has 1 aromatic heterocycles. The van der Waals surface area contributed by atoms with Crippen LogP contribution in [0.4, 0.5) is 4.39 Å². The van der Waals surface area contributed by atoms with E-state index in [1.807, 2.05) is 38.1 Å². The highest BCUT2D eigenvalue weighted by Gasteiger charge is 2.19. The fourth-order valence-corrected chi connectivity index (χ4v) is 3.05. The van der Waals surface area contributed by atoms with E-state index >= 15 is 0 Å². The van der Waals surface area contributed by atoms with Crippen LogP contribution in [0.1, 0.15) is 39.8 Å². The van der Waals surface area contributed by atoms with E-state index in [2.05, 4.69) is 10.4 Å². The number of halogens is 1. The van der Waals surface area contributed by atoms with Gasteiger partial charge in [0, 0.05) is 13.2 Å². The van der Waals surface area contributed by atoms with Gasteiger partial charge >= 0.3 is 0 Å². The molecule has 0 aliphatic carbocycles. The molecule has 5 nitrogen and oxygen atoms in total. The lowest BCUT2D eigenvalue weighted by Gasteiger charge is -2.08. The third-order valence-corrected chi connectivity index (χ3v) is 4.54. The summed E-state index contributed by atoms with van der Waals surface area (Å²) in [5.41, 5.74) is 4.71. The summed E-state index contributed by atoms with van der Waals surface area (Å²) in [7, 11) is 0. The number of ether oxygens (including phenoxy) is 1. The fourth-order valence-electron chi connectivity index (χ4n) is 3.05. The molecule has 0 spiro atoms. The second-order valence-electron chi connectivity index (χ2n) is 6.57. The second kappa shape index (κ2) is 8.80. The lowest BCUT2D eigenvalue weighted by Crippen LogP contribution is -2.24. The van der Waals surface area contributed by atoms with Gasteiger partial charge in [-0.2, -0.15) is 5.10 Å². The van der Waals surface area contributed by atoms with Gasteiger partial charge in [0.1, 0.15) is 5.82 Å². The first-order valence-corrected chi connectivity index (χ1v) is 9.25. The van der Waals surface area contributed by atoms with Crippen LogP contribution in [0.15, 0.2) is 48.5 Å². The number of aryl methyl sites for hydroxylation is 1. The van der Waals surface area contributed by atoms with Crippen LogP contribution in [0.3, 0.4) is 0 Å². The zero-order valence-electron chi connectivity index (χ0n) is 16.3. The summed E-state index contributed by atoms with van der Waals surface area (Å²) in [6, 6.07) is 14.0. The number of nitrogens with one attached hydrogen (secondary N) is 1. The number of nitrogens with zero attached hydrogens (tertiary/aromatic N) is 2. The molecular weight excluding hydrogens is 357 g/mol. The Bertz CT molecular complexity index is 947. The number of aromatic nitrogens is 2. The maximum absolute atomic E-state index is 13.2. The third kappa shape index (κ3) is 4.46. The topological polar surface area (TPSA) is 56.1 Å². The Morgan fingerprint density at radius 2 is 1.71 bits per heavy atom. The summed E-state index contributed by atoms with van der Waals surface area (Å²) in [6.07, 6.45) is 0. The number of amides is 1. The van der Waals surface area contributed by atoms with E-state index in [-0.39, 0.29) is 11.7 Å². The van der Waals surface area contributed by atoms with E-state index in [1.54, 1.807) is 23.7 Å². The maximum atomic E-state index is 13.2. The highest BCUT2D eigenvalue weighted by Crippen LogP contribution is 2.18. The van der Waals surface area contributed by atoms with Crippen molar-refractivity contribution < 1.29 is 13.9 Å². The first-order chi connectivity index (χ1) is 13.5. The third-order valence-electron chi connectivity index (χ3n) is 4.54. The highest BCUT2D eigenvalue weighted by molar-refractivity contribution is 5.96. The predicted octanol–water partition coefficient (Wildman–Crippen LogP) is 4.09. The molecule has 0 aliphatic heterocycles. The van der Waals surface area contributed by atoms with E-state index in [0.29, 0.717) is 42.4 Å². The Morgan fingerprint density at radius 3 is 2.36 bits per heavy atom.